The molecule has 1 saturated heterocycles. The van der Waals surface area contributed by atoms with E-state index in [-0.39, 0.29) is 11.9 Å². The van der Waals surface area contributed by atoms with Crippen molar-refractivity contribution in [2.24, 2.45) is 11.5 Å². The Hall–Kier alpha value is -0.610. The van der Waals surface area contributed by atoms with E-state index in [0.717, 1.165) is 32.4 Å². The first kappa shape index (κ1) is 9.48. The van der Waals surface area contributed by atoms with Crippen LogP contribution in [0, 0.1) is 0 Å². The number of carbonyl (C=O) groups excluding carboxylic acids is 1. The molecule has 1 heterocycles. The zero-order chi connectivity index (χ0) is 8.97. The van der Waals surface area contributed by atoms with Crippen molar-refractivity contribution in [1.29, 1.82) is 0 Å². The van der Waals surface area contributed by atoms with Crippen LogP contribution in [0.3, 0.4) is 0 Å². The highest BCUT2D eigenvalue weighted by Gasteiger charge is 2.15. The third-order valence-corrected chi connectivity index (χ3v) is 2.17. The van der Waals surface area contributed by atoms with Gasteiger partial charge in [-0.3, -0.25) is 9.69 Å². The highest BCUT2D eigenvalue weighted by Crippen LogP contribution is 2.08. The zero-order valence-electron chi connectivity index (χ0n) is 7.33. The number of hydrogen-bond acceptors (Lipinski definition) is 3. The van der Waals surface area contributed by atoms with Gasteiger partial charge in [-0.25, -0.2) is 0 Å². The van der Waals surface area contributed by atoms with Gasteiger partial charge in [0.2, 0.25) is 5.91 Å². The number of hydrogen-bond donors (Lipinski definition) is 2. The van der Waals surface area contributed by atoms with Crippen LogP contribution in [0.25, 0.3) is 0 Å². The summed E-state index contributed by atoms with van der Waals surface area (Å²) in [5.74, 6) is -0.260. The van der Waals surface area contributed by atoms with E-state index in [4.69, 9.17) is 11.5 Å². The molecular formula is C8H17N3O. The fraction of sp³-hybridized carbons (Fsp3) is 0.875. The molecule has 12 heavy (non-hydrogen) atoms. The second-order valence-electron chi connectivity index (χ2n) is 3.46. The average Bonchev–Trinajstić information content (AvgIpc) is 2.12. The van der Waals surface area contributed by atoms with Gasteiger partial charge in [-0.2, -0.15) is 0 Å². The lowest BCUT2D eigenvalue weighted by atomic mass is 10.2. The molecule has 0 spiro atoms. The quantitative estimate of drug-likeness (QED) is 0.576. The summed E-state index contributed by atoms with van der Waals surface area (Å²) in [6.07, 6.45) is 3.35. The van der Waals surface area contributed by atoms with E-state index in [1.54, 1.807) is 0 Å². The third-order valence-electron chi connectivity index (χ3n) is 2.17. The summed E-state index contributed by atoms with van der Waals surface area (Å²) in [6, 6.07) is 0.215. The lowest BCUT2D eigenvalue weighted by molar-refractivity contribution is -0.119. The number of nitrogens with zero attached hydrogens (tertiary/aromatic N) is 1. The number of primary amides is 1. The maximum Gasteiger partial charge on any atom is 0.231 e. The van der Waals surface area contributed by atoms with Gasteiger partial charge in [-0.15, -0.1) is 0 Å². The van der Waals surface area contributed by atoms with Crippen LogP contribution in [-0.4, -0.2) is 36.5 Å². The van der Waals surface area contributed by atoms with Gasteiger partial charge in [-0.1, -0.05) is 6.42 Å². The Kier molecular flexibility index (Phi) is 3.49. The minimum atomic E-state index is -0.260. The summed E-state index contributed by atoms with van der Waals surface area (Å²) in [5.41, 5.74) is 10.9. The molecule has 1 unspecified atom stereocenters. The van der Waals surface area contributed by atoms with Crippen molar-refractivity contribution in [3.05, 3.63) is 0 Å². The number of likely N-dealkylation sites (tertiary alicyclic amines) is 1. The molecule has 1 aliphatic rings. The fourth-order valence-electron chi connectivity index (χ4n) is 1.62. The zero-order valence-corrected chi connectivity index (χ0v) is 7.33. The highest BCUT2D eigenvalue weighted by atomic mass is 16.1. The summed E-state index contributed by atoms with van der Waals surface area (Å²) < 4.78 is 0. The van der Waals surface area contributed by atoms with E-state index in [9.17, 15) is 4.79 Å². The topological polar surface area (TPSA) is 72.4 Å². The molecule has 0 bridgehead atoms. The van der Waals surface area contributed by atoms with Crippen LogP contribution < -0.4 is 11.5 Å². The van der Waals surface area contributed by atoms with Crippen molar-refractivity contribution in [3.8, 4) is 0 Å². The lowest BCUT2D eigenvalue weighted by Gasteiger charge is -2.19. The number of rotatable bonds is 2. The van der Waals surface area contributed by atoms with Gasteiger partial charge >= 0.3 is 0 Å². The minimum absolute atomic E-state index is 0.215. The summed E-state index contributed by atoms with van der Waals surface area (Å²) >= 11 is 0. The molecule has 0 aromatic heterocycles. The van der Waals surface area contributed by atoms with Crippen molar-refractivity contribution in [3.63, 3.8) is 0 Å². The standard InChI is InChI=1S/C8H17N3O/c9-7-3-1-2-4-11(5-7)6-8(10)12/h7H,1-6,9H2,(H2,10,12). The van der Waals surface area contributed by atoms with Crippen LogP contribution in [0.4, 0.5) is 0 Å². The molecule has 4 nitrogen and oxygen atoms in total. The second-order valence-corrected chi connectivity index (χ2v) is 3.46. The predicted molar refractivity (Wildman–Crippen MR) is 47.5 cm³/mol. The molecule has 1 fully saturated rings. The molecule has 70 valence electrons. The van der Waals surface area contributed by atoms with E-state index in [0.29, 0.717) is 6.54 Å². The highest BCUT2D eigenvalue weighted by molar-refractivity contribution is 5.75. The third kappa shape index (κ3) is 3.19. The molecule has 4 N–H and O–H groups in total. The predicted octanol–water partition coefficient (Wildman–Crippen LogP) is -0.715. The van der Waals surface area contributed by atoms with Crippen LogP contribution in [-0.2, 0) is 4.79 Å². The summed E-state index contributed by atoms with van der Waals surface area (Å²) in [7, 11) is 0. The van der Waals surface area contributed by atoms with E-state index in [1.165, 1.54) is 0 Å². The van der Waals surface area contributed by atoms with Crippen LogP contribution in [0.1, 0.15) is 19.3 Å². The van der Waals surface area contributed by atoms with Gasteiger partial charge in [0.25, 0.3) is 0 Å². The van der Waals surface area contributed by atoms with Gasteiger partial charge in [0.05, 0.1) is 6.54 Å². The molecule has 0 radical (unpaired) electrons. The van der Waals surface area contributed by atoms with Crippen molar-refractivity contribution in [2.75, 3.05) is 19.6 Å². The Bertz CT molecular complexity index is 160. The summed E-state index contributed by atoms with van der Waals surface area (Å²) in [4.78, 5) is 12.7. The molecule has 0 aromatic rings. The SMILES string of the molecule is NC(=O)CN1CCCCC(N)C1. The Morgan fingerprint density at radius 3 is 2.92 bits per heavy atom. The fourth-order valence-corrected chi connectivity index (χ4v) is 1.62. The van der Waals surface area contributed by atoms with Crippen molar-refractivity contribution >= 4 is 5.91 Å². The molecular weight excluding hydrogens is 154 g/mol. The molecule has 1 atom stereocenters. The summed E-state index contributed by atoms with van der Waals surface area (Å²) in [6.45, 7) is 2.12. The second kappa shape index (κ2) is 4.42. The average molecular weight is 171 g/mol. The number of amides is 1. The normalized spacial score (nSPS) is 26.6. The maximum absolute atomic E-state index is 10.6. The van der Waals surface area contributed by atoms with E-state index >= 15 is 0 Å². The van der Waals surface area contributed by atoms with Crippen LogP contribution in [0.2, 0.25) is 0 Å². The smallest absolute Gasteiger partial charge is 0.231 e. The first-order valence-electron chi connectivity index (χ1n) is 4.44. The molecule has 0 aliphatic carbocycles. The van der Waals surface area contributed by atoms with E-state index < -0.39 is 0 Å². The minimum Gasteiger partial charge on any atom is -0.369 e. The van der Waals surface area contributed by atoms with Crippen LogP contribution in [0.15, 0.2) is 0 Å². The van der Waals surface area contributed by atoms with Gasteiger partial charge in [0.1, 0.15) is 0 Å². The molecule has 1 rings (SSSR count). The Labute approximate surface area is 72.9 Å². The molecule has 0 aromatic carbocycles. The first-order chi connectivity index (χ1) is 5.68. The Morgan fingerprint density at radius 2 is 2.25 bits per heavy atom. The molecule has 1 amide bonds. The first-order valence-corrected chi connectivity index (χ1v) is 4.44. The van der Waals surface area contributed by atoms with Gasteiger partial charge in [-0.05, 0) is 19.4 Å². The van der Waals surface area contributed by atoms with Crippen molar-refractivity contribution in [2.45, 2.75) is 25.3 Å². The van der Waals surface area contributed by atoms with Gasteiger partial charge in [0.15, 0.2) is 0 Å². The molecule has 1 aliphatic heterocycles. The Balaban J connectivity index is 2.35. The van der Waals surface area contributed by atoms with Crippen LogP contribution >= 0.6 is 0 Å². The molecule has 4 heteroatoms. The van der Waals surface area contributed by atoms with E-state index in [1.807, 2.05) is 4.90 Å². The Morgan fingerprint density at radius 1 is 1.50 bits per heavy atom. The van der Waals surface area contributed by atoms with Crippen LogP contribution in [0.5, 0.6) is 0 Å². The van der Waals surface area contributed by atoms with Crippen molar-refractivity contribution in [1.82, 2.24) is 4.90 Å². The maximum atomic E-state index is 10.6. The number of nitrogens with two attached hydrogens (primary N) is 2. The van der Waals surface area contributed by atoms with Gasteiger partial charge in [0, 0.05) is 12.6 Å². The van der Waals surface area contributed by atoms with Crippen molar-refractivity contribution < 1.29 is 4.79 Å². The lowest BCUT2D eigenvalue weighted by Crippen LogP contribution is -2.40. The van der Waals surface area contributed by atoms with Gasteiger partial charge < -0.3 is 11.5 Å². The van der Waals surface area contributed by atoms with E-state index in [2.05, 4.69) is 0 Å². The number of carbonyl (C=O) groups is 1. The largest absolute Gasteiger partial charge is 0.369 e. The molecule has 0 saturated carbocycles. The monoisotopic (exact) mass is 171 g/mol. The summed E-state index contributed by atoms with van der Waals surface area (Å²) in [5, 5.41) is 0.